The highest BCUT2D eigenvalue weighted by Gasteiger charge is 2.14. The molecule has 66 valence electrons. The van der Waals surface area contributed by atoms with Crippen LogP contribution in [0.5, 0.6) is 0 Å². The number of carbonyl (C=O) groups is 1. The number of rotatable bonds is 1. The fraction of sp³-hybridized carbons (Fsp3) is 0.111. The van der Waals surface area contributed by atoms with Gasteiger partial charge in [-0.2, -0.15) is 0 Å². The van der Waals surface area contributed by atoms with Crippen molar-refractivity contribution in [3.05, 3.63) is 34.9 Å². The molecular formula is C9H8N2O2. The highest BCUT2D eigenvalue weighted by atomic mass is 16.4. The molecule has 1 heterocycles. The molecule has 3 N–H and O–H groups in total. The predicted octanol–water partition coefficient (Wildman–Crippen LogP) is 0.604. The molecule has 1 aliphatic heterocycles. The summed E-state index contributed by atoms with van der Waals surface area (Å²) >= 11 is 0. The molecule has 0 spiro atoms. The van der Waals surface area contributed by atoms with Gasteiger partial charge in [0.25, 0.3) is 0 Å². The second-order valence-electron chi connectivity index (χ2n) is 2.88. The Morgan fingerprint density at radius 3 is 3.00 bits per heavy atom. The first kappa shape index (κ1) is 7.79. The third kappa shape index (κ3) is 1.16. The van der Waals surface area contributed by atoms with Crippen molar-refractivity contribution in [3.8, 4) is 0 Å². The van der Waals surface area contributed by atoms with Crippen molar-refractivity contribution >= 4 is 11.8 Å². The van der Waals surface area contributed by atoms with Crippen LogP contribution in [-0.2, 0) is 6.54 Å². The van der Waals surface area contributed by atoms with Crippen molar-refractivity contribution in [2.75, 3.05) is 0 Å². The van der Waals surface area contributed by atoms with E-state index in [9.17, 15) is 4.79 Å². The molecule has 0 bridgehead atoms. The summed E-state index contributed by atoms with van der Waals surface area (Å²) in [4.78, 5) is 14.6. The first-order valence-electron chi connectivity index (χ1n) is 3.85. The van der Waals surface area contributed by atoms with Crippen LogP contribution >= 0.6 is 0 Å². The predicted molar refractivity (Wildman–Crippen MR) is 47.8 cm³/mol. The monoisotopic (exact) mass is 176 g/mol. The summed E-state index contributed by atoms with van der Waals surface area (Å²) in [6.45, 7) is 0.557. The first-order valence-corrected chi connectivity index (χ1v) is 3.85. The second-order valence-corrected chi connectivity index (χ2v) is 2.88. The van der Waals surface area contributed by atoms with Crippen LogP contribution in [0.15, 0.2) is 23.2 Å². The van der Waals surface area contributed by atoms with E-state index in [1.54, 1.807) is 18.2 Å². The van der Waals surface area contributed by atoms with Gasteiger partial charge >= 0.3 is 5.97 Å². The van der Waals surface area contributed by atoms with Gasteiger partial charge in [0, 0.05) is 5.56 Å². The van der Waals surface area contributed by atoms with Gasteiger partial charge in [0.2, 0.25) is 0 Å². The number of carboxylic acids is 1. The number of benzene rings is 1. The Kier molecular flexibility index (Phi) is 1.55. The molecule has 1 aromatic carbocycles. The second kappa shape index (κ2) is 2.58. The highest BCUT2D eigenvalue weighted by molar-refractivity contribution is 6.02. The molecule has 4 heteroatoms. The minimum atomic E-state index is -0.942. The van der Waals surface area contributed by atoms with Crippen molar-refractivity contribution in [1.82, 2.24) is 0 Å². The van der Waals surface area contributed by atoms with Crippen LogP contribution in [0, 0.1) is 0 Å². The Morgan fingerprint density at radius 2 is 2.31 bits per heavy atom. The zero-order chi connectivity index (χ0) is 9.42. The van der Waals surface area contributed by atoms with E-state index in [0.29, 0.717) is 12.4 Å². The average molecular weight is 176 g/mol. The topological polar surface area (TPSA) is 75.7 Å². The average Bonchev–Trinajstić information content (AvgIpc) is 2.47. The Hall–Kier alpha value is -1.84. The van der Waals surface area contributed by atoms with E-state index >= 15 is 0 Å². The van der Waals surface area contributed by atoms with E-state index in [1.165, 1.54) is 0 Å². The summed E-state index contributed by atoms with van der Waals surface area (Å²) in [5.41, 5.74) is 7.56. The van der Waals surface area contributed by atoms with E-state index in [0.717, 1.165) is 11.1 Å². The third-order valence-corrected chi connectivity index (χ3v) is 2.05. The number of nitrogens with zero attached hydrogens (tertiary/aromatic N) is 1. The maximum atomic E-state index is 10.6. The Bertz CT molecular complexity index is 410. The van der Waals surface area contributed by atoms with Crippen LogP contribution in [0.2, 0.25) is 0 Å². The summed E-state index contributed by atoms with van der Waals surface area (Å²) in [5.74, 6) is -0.513. The largest absolute Gasteiger partial charge is 0.478 e. The highest BCUT2D eigenvalue weighted by Crippen LogP contribution is 2.18. The third-order valence-electron chi connectivity index (χ3n) is 2.05. The van der Waals surface area contributed by atoms with Crippen LogP contribution in [-0.4, -0.2) is 16.9 Å². The lowest BCUT2D eigenvalue weighted by atomic mass is 10.1. The summed E-state index contributed by atoms with van der Waals surface area (Å²) in [5, 5.41) is 8.72. The number of fused-ring (bicyclic) bond motifs is 1. The lowest BCUT2D eigenvalue weighted by Crippen LogP contribution is -2.11. The van der Waals surface area contributed by atoms with E-state index in [2.05, 4.69) is 4.99 Å². The number of aliphatic imine (C=N–C) groups is 1. The number of amidine groups is 1. The van der Waals surface area contributed by atoms with Gasteiger partial charge in [-0.1, -0.05) is 6.07 Å². The Balaban J connectivity index is 2.53. The molecule has 13 heavy (non-hydrogen) atoms. The van der Waals surface area contributed by atoms with Gasteiger partial charge in [0.1, 0.15) is 5.84 Å². The van der Waals surface area contributed by atoms with Crippen molar-refractivity contribution < 1.29 is 9.90 Å². The van der Waals surface area contributed by atoms with Crippen molar-refractivity contribution in [1.29, 1.82) is 0 Å². The van der Waals surface area contributed by atoms with Crippen LogP contribution in [0.4, 0.5) is 0 Å². The molecule has 2 rings (SSSR count). The van der Waals surface area contributed by atoms with E-state index in [4.69, 9.17) is 10.8 Å². The van der Waals surface area contributed by atoms with E-state index < -0.39 is 5.97 Å². The SMILES string of the molecule is NC1=NCc2ccc(C(=O)O)cc21. The number of hydrogen-bond acceptors (Lipinski definition) is 3. The molecule has 0 radical (unpaired) electrons. The van der Waals surface area contributed by atoms with Gasteiger partial charge in [0.05, 0.1) is 12.1 Å². The zero-order valence-corrected chi connectivity index (χ0v) is 6.82. The first-order chi connectivity index (χ1) is 6.18. The van der Waals surface area contributed by atoms with Gasteiger partial charge in [-0.05, 0) is 17.7 Å². The van der Waals surface area contributed by atoms with E-state index in [1.807, 2.05) is 0 Å². The molecule has 0 saturated heterocycles. The molecule has 0 unspecified atom stereocenters. The summed E-state index contributed by atoms with van der Waals surface area (Å²) < 4.78 is 0. The van der Waals surface area contributed by atoms with Crippen molar-refractivity contribution in [3.63, 3.8) is 0 Å². The van der Waals surface area contributed by atoms with Crippen molar-refractivity contribution in [2.24, 2.45) is 10.7 Å². The standard InChI is InChI=1S/C9H8N2O2/c10-8-7-3-5(9(12)13)1-2-6(7)4-11-8/h1-3H,4H2,(H2,10,11)(H,12,13). The maximum absolute atomic E-state index is 10.6. The quantitative estimate of drug-likeness (QED) is 0.658. The van der Waals surface area contributed by atoms with Crippen molar-refractivity contribution in [2.45, 2.75) is 6.54 Å². The number of hydrogen-bond donors (Lipinski definition) is 2. The molecule has 0 amide bonds. The molecule has 1 aromatic rings. The summed E-state index contributed by atoms with van der Waals surface area (Å²) in [6, 6.07) is 4.88. The molecule has 4 nitrogen and oxygen atoms in total. The molecule has 1 aliphatic rings. The molecule has 0 fully saturated rings. The van der Waals surface area contributed by atoms with Crippen LogP contribution < -0.4 is 5.73 Å². The summed E-state index contributed by atoms with van der Waals surface area (Å²) in [7, 11) is 0. The minimum Gasteiger partial charge on any atom is -0.478 e. The molecule has 0 saturated carbocycles. The minimum absolute atomic E-state index is 0.249. The smallest absolute Gasteiger partial charge is 0.335 e. The lowest BCUT2D eigenvalue weighted by Gasteiger charge is -2.00. The van der Waals surface area contributed by atoms with Gasteiger partial charge in [0.15, 0.2) is 0 Å². The van der Waals surface area contributed by atoms with Crippen LogP contribution in [0.3, 0.4) is 0 Å². The molecule has 0 aliphatic carbocycles. The summed E-state index contributed by atoms with van der Waals surface area (Å²) in [6.07, 6.45) is 0. The van der Waals surface area contributed by atoms with E-state index in [-0.39, 0.29) is 5.56 Å². The Labute approximate surface area is 74.7 Å². The van der Waals surface area contributed by atoms with Crippen LogP contribution in [0.25, 0.3) is 0 Å². The normalized spacial score (nSPS) is 13.7. The zero-order valence-electron chi connectivity index (χ0n) is 6.82. The fourth-order valence-corrected chi connectivity index (χ4v) is 1.34. The number of aromatic carboxylic acids is 1. The number of nitrogens with two attached hydrogens (primary N) is 1. The fourth-order valence-electron chi connectivity index (χ4n) is 1.34. The van der Waals surface area contributed by atoms with Gasteiger partial charge in [-0.3, -0.25) is 4.99 Å². The lowest BCUT2D eigenvalue weighted by molar-refractivity contribution is 0.0697. The van der Waals surface area contributed by atoms with Gasteiger partial charge in [-0.15, -0.1) is 0 Å². The molecule has 0 atom stereocenters. The molecular weight excluding hydrogens is 168 g/mol. The van der Waals surface area contributed by atoms with Gasteiger partial charge < -0.3 is 10.8 Å². The Morgan fingerprint density at radius 1 is 1.54 bits per heavy atom. The van der Waals surface area contributed by atoms with Crippen LogP contribution in [0.1, 0.15) is 21.5 Å². The van der Waals surface area contributed by atoms with Gasteiger partial charge in [-0.25, -0.2) is 4.79 Å². The number of carboxylic acid groups (broad SMARTS) is 1. The molecule has 0 aromatic heterocycles. The maximum Gasteiger partial charge on any atom is 0.335 e.